The van der Waals surface area contributed by atoms with E-state index in [4.69, 9.17) is 0 Å². The Morgan fingerprint density at radius 2 is 2.00 bits per heavy atom. The molecule has 0 bridgehead atoms. The molecule has 1 aromatic carbocycles. The average molecular weight is 356 g/mol. The van der Waals surface area contributed by atoms with Gasteiger partial charge in [0.05, 0.1) is 18.4 Å². The first-order valence-corrected chi connectivity index (χ1v) is 8.99. The fourth-order valence-electron chi connectivity index (χ4n) is 2.44. The number of imidazole rings is 1. The molecule has 140 valence electrons. The van der Waals surface area contributed by atoms with Crippen LogP contribution in [-0.4, -0.2) is 53.4 Å². The second-order valence-corrected chi connectivity index (χ2v) is 5.99. The molecule has 0 radical (unpaired) electrons. The topological polar surface area (TPSA) is 85.4 Å². The molecule has 1 aromatic heterocycles. The van der Waals surface area contributed by atoms with E-state index in [1.807, 2.05) is 62.3 Å². The zero-order chi connectivity index (χ0) is 18.8. The van der Waals surface area contributed by atoms with Crippen LogP contribution in [0, 0.1) is 0 Å². The summed E-state index contributed by atoms with van der Waals surface area (Å²) in [7, 11) is 1.93. The number of nitrogens with zero attached hydrogens (tertiary/aromatic N) is 3. The van der Waals surface area contributed by atoms with Gasteiger partial charge in [-0.15, -0.1) is 0 Å². The molecule has 0 aliphatic heterocycles. The van der Waals surface area contributed by atoms with Crippen molar-refractivity contribution in [2.24, 2.45) is 4.99 Å². The number of hydrogen-bond acceptors (Lipinski definition) is 3. The lowest BCUT2D eigenvalue weighted by Crippen LogP contribution is -2.39. The summed E-state index contributed by atoms with van der Waals surface area (Å²) < 4.78 is 0. The number of carbonyl (C=O) groups excluding carboxylic acids is 1. The number of aromatic nitrogens is 2. The van der Waals surface area contributed by atoms with Crippen LogP contribution in [-0.2, 0) is 11.3 Å². The fraction of sp³-hybridized carbons (Fsp3) is 0.421. The van der Waals surface area contributed by atoms with Gasteiger partial charge >= 0.3 is 0 Å². The van der Waals surface area contributed by atoms with Crippen LogP contribution in [0.25, 0.3) is 11.3 Å². The molecule has 2 rings (SSSR count). The fourth-order valence-corrected chi connectivity index (χ4v) is 2.44. The lowest BCUT2D eigenvalue weighted by Gasteiger charge is -2.21. The maximum absolute atomic E-state index is 11.8. The highest BCUT2D eigenvalue weighted by Gasteiger charge is 2.10. The van der Waals surface area contributed by atoms with Crippen LogP contribution in [0.5, 0.6) is 0 Å². The van der Waals surface area contributed by atoms with Gasteiger partial charge in [0.2, 0.25) is 5.91 Å². The predicted molar refractivity (Wildman–Crippen MR) is 105 cm³/mol. The van der Waals surface area contributed by atoms with E-state index in [9.17, 15) is 4.79 Å². The second kappa shape index (κ2) is 10.2. The summed E-state index contributed by atoms with van der Waals surface area (Å²) in [6.45, 7) is 6.10. The Morgan fingerprint density at radius 3 is 2.69 bits per heavy atom. The number of aliphatic imine (C=N–C) groups is 1. The van der Waals surface area contributed by atoms with Gasteiger partial charge in [-0.05, 0) is 18.9 Å². The summed E-state index contributed by atoms with van der Waals surface area (Å²) in [5.41, 5.74) is 2.08. The van der Waals surface area contributed by atoms with Crippen LogP contribution < -0.4 is 10.6 Å². The minimum Gasteiger partial charge on any atom is -0.357 e. The van der Waals surface area contributed by atoms with Gasteiger partial charge in [-0.3, -0.25) is 4.79 Å². The molecular weight excluding hydrogens is 328 g/mol. The SMILES string of the molecule is CCCNC(=O)CN=C(NCC)N(C)Cc1ncc(-c2ccccc2)[nH]1. The van der Waals surface area contributed by atoms with Crippen molar-refractivity contribution in [1.29, 1.82) is 0 Å². The third-order valence-corrected chi connectivity index (χ3v) is 3.74. The van der Waals surface area contributed by atoms with Crippen molar-refractivity contribution in [2.75, 3.05) is 26.7 Å². The van der Waals surface area contributed by atoms with E-state index in [1.165, 1.54) is 0 Å². The van der Waals surface area contributed by atoms with E-state index < -0.39 is 0 Å². The number of guanidine groups is 1. The minimum atomic E-state index is -0.0694. The molecule has 0 aliphatic rings. The highest BCUT2D eigenvalue weighted by molar-refractivity contribution is 5.84. The molecule has 1 amide bonds. The van der Waals surface area contributed by atoms with Crippen LogP contribution >= 0.6 is 0 Å². The molecule has 0 spiro atoms. The van der Waals surface area contributed by atoms with Gasteiger partial charge in [-0.1, -0.05) is 37.3 Å². The van der Waals surface area contributed by atoms with Gasteiger partial charge in [0.1, 0.15) is 12.4 Å². The highest BCUT2D eigenvalue weighted by atomic mass is 16.1. The predicted octanol–water partition coefficient (Wildman–Crippen LogP) is 2.00. The number of nitrogens with one attached hydrogen (secondary N) is 3. The van der Waals surface area contributed by atoms with E-state index in [0.717, 1.165) is 30.0 Å². The van der Waals surface area contributed by atoms with Crippen molar-refractivity contribution < 1.29 is 4.79 Å². The molecule has 0 aliphatic carbocycles. The number of carbonyl (C=O) groups is 1. The van der Waals surface area contributed by atoms with Crippen molar-refractivity contribution in [3.63, 3.8) is 0 Å². The van der Waals surface area contributed by atoms with Gasteiger partial charge in [0.15, 0.2) is 5.96 Å². The van der Waals surface area contributed by atoms with Gasteiger partial charge in [0.25, 0.3) is 0 Å². The number of H-pyrrole nitrogens is 1. The van der Waals surface area contributed by atoms with Crippen LogP contribution in [0.2, 0.25) is 0 Å². The first-order valence-electron chi connectivity index (χ1n) is 8.99. The van der Waals surface area contributed by atoms with Crippen molar-refractivity contribution in [1.82, 2.24) is 25.5 Å². The molecule has 0 unspecified atom stereocenters. The van der Waals surface area contributed by atoms with E-state index >= 15 is 0 Å². The molecule has 3 N–H and O–H groups in total. The highest BCUT2D eigenvalue weighted by Crippen LogP contribution is 2.16. The summed E-state index contributed by atoms with van der Waals surface area (Å²) in [6, 6.07) is 10.1. The maximum atomic E-state index is 11.8. The van der Waals surface area contributed by atoms with Gasteiger partial charge in [-0.2, -0.15) is 0 Å². The average Bonchev–Trinajstić information content (AvgIpc) is 3.12. The Labute approximate surface area is 154 Å². The van der Waals surface area contributed by atoms with Gasteiger partial charge in [-0.25, -0.2) is 9.98 Å². The molecule has 26 heavy (non-hydrogen) atoms. The first-order chi connectivity index (χ1) is 12.6. The van der Waals surface area contributed by atoms with Crippen LogP contribution in [0.3, 0.4) is 0 Å². The number of benzene rings is 1. The Morgan fingerprint density at radius 1 is 1.23 bits per heavy atom. The molecule has 7 nitrogen and oxygen atoms in total. The largest absolute Gasteiger partial charge is 0.357 e. The zero-order valence-corrected chi connectivity index (χ0v) is 15.7. The second-order valence-electron chi connectivity index (χ2n) is 5.99. The molecule has 0 atom stereocenters. The zero-order valence-electron chi connectivity index (χ0n) is 15.7. The monoisotopic (exact) mass is 356 g/mol. The maximum Gasteiger partial charge on any atom is 0.241 e. The van der Waals surface area contributed by atoms with Crippen molar-refractivity contribution in [3.8, 4) is 11.3 Å². The summed E-state index contributed by atoms with van der Waals surface area (Å²) in [4.78, 5) is 25.9. The van der Waals surface area contributed by atoms with Gasteiger partial charge in [0, 0.05) is 20.1 Å². The molecule has 0 saturated heterocycles. The third kappa shape index (κ3) is 5.91. The van der Waals surface area contributed by atoms with Crippen LogP contribution in [0.15, 0.2) is 41.5 Å². The summed E-state index contributed by atoms with van der Waals surface area (Å²) in [5.74, 6) is 1.45. The van der Waals surface area contributed by atoms with Crippen molar-refractivity contribution in [3.05, 3.63) is 42.4 Å². The van der Waals surface area contributed by atoms with E-state index in [0.29, 0.717) is 19.0 Å². The molecular formula is C19H28N6O. The molecule has 2 aromatic rings. The summed E-state index contributed by atoms with van der Waals surface area (Å²) >= 11 is 0. The smallest absolute Gasteiger partial charge is 0.241 e. The van der Waals surface area contributed by atoms with Crippen molar-refractivity contribution in [2.45, 2.75) is 26.8 Å². The normalized spacial score (nSPS) is 11.3. The van der Waals surface area contributed by atoms with E-state index in [-0.39, 0.29) is 12.5 Å². The molecule has 0 fully saturated rings. The van der Waals surface area contributed by atoms with Crippen LogP contribution in [0.1, 0.15) is 26.1 Å². The summed E-state index contributed by atoms with van der Waals surface area (Å²) in [6.07, 6.45) is 2.75. The summed E-state index contributed by atoms with van der Waals surface area (Å²) in [5, 5.41) is 6.04. The molecule has 1 heterocycles. The number of aromatic amines is 1. The standard InChI is InChI=1S/C19H28N6O/c1-4-11-21-18(26)13-23-19(20-5-2)25(3)14-17-22-12-16(24-17)15-9-7-6-8-10-15/h6-10,12H,4-5,11,13-14H2,1-3H3,(H,20,23)(H,21,26)(H,22,24). The Hall–Kier alpha value is -2.83. The number of rotatable bonds is 8. The third-order valence-electron chi connectivity index (χ3n) is 3.74. The van der Waals surface area contributed by atoms with Crippen molar-refractivity contribution >= 4 is 11.9 Å². The van der Waals surface area contributed by atoms with E-state index in [2.05, 4.69) is 25.6 Å². The number of hydrogen-bond donors (Lipinski definition) is 3. The lowest BCUT2D eigenvalue weighted by atomic mass is 10.2. The first kappa shape index (κ1) is 19.5. The van der Waals surface area contributed by atoms with Gasteiger partial charge < -0.3 is 20.5 Å². The number of amides is 1. The lowest BCUT2D eigenvalue weighted by molar-refractivity contribution is -0.119. The Bertz CT molecular complexity index is 710. The minimum absolute atomic E-state index is 0.0694. The Kier molecular flexibility index (Phi) is 7.67. The van der Waals surface area contributed by atoms with E-state index in [1.54, 1.807) is 0 Å². The van der Waals surface area contributed by atoms with Crippen LogP contribution in [0.4, 0.5) is 0 Å². The molecule has 0 saturated carbocycles. The Balaban J connectivity index is 1.99. The quantitative estimate of drug-likeness (QED) is 0.499. The molecule has 7 heteroatoms.